The molecule has 112 valence electrons. The summed E-state index contributed by atoms with van der Waals surface area (Å²) >= 11 is 0. The molecule has 1 heterocycles. The number of hydrogen-bond acceptors (Lipinski definition) is 5. The number of benzene rings is 1. The van der Waals surface area contributed by atoms with Gasteiger partial charge in [0.1, 0.15) is 5.75 Å². The van der Waals surface area contributed by atoms with Crippen LogP contribution >= 0.6 is 0 Å². The topological polar surface area (TPSA) is 77.3 Å². The molecule has 0 aliphatic rings. The predicted octanol–water partition coefficient (Wildman–Crippen LogP) is 2.91. The van der Waals surface area contributed by atoms with Crippen LogP contribution < -0.4 is 10.1 Å². The Morgan fingerprint density at radius 2 is 2.19 bits per heavy atom. The summed E-state index contributed by atoms with van der Waals surface area (Å²) in [5.41, 5.74) is 0.361. The summed E-state index contributed by atoms with van der Waals surface area (Å²) in [6.07, 6.45) is 2.42. The molecule has 0 atom stereocenters. The Hall–Kier alpha value is -2.21. The summed E-state index contributed by atoms with van der Waals surface area (Å²) in [4.78, 5) is 14.7. The van der Waals surface area contributed by atoms with E-state index in [0.29, 0.717) is 29.3 Å². The number of nitro benzene ring substituents is 1. The van der Waals surface area contributed by atoms with Crippen molar-refractivity contribution >= 4 is 16.6 Å². The van der Waals surface area contributed by atoms with Gasteiger partial charge in [0.2, 0.25) is 0 Å². The fourth-order valence-electron chi connectivity index (χ4n) is 2.05. The standard InChI is InChI=1S/C15H19N3O3/c1-11(2)16-9-4-10-21-14-7-6-13(18(19)20)15-12(14)5-3-8-17-15/h3,5-8,11,16H,4,9-10H2,1-2H3. The van der Waals surface area contributed by atoms with Crippen molar-refractivity contribution in [2.75, 3.05) is 13.2 Å². The molecular weight excluding hydrogens is 270 g/mol. The lowest BCUT2D eigenvalue weighted by molar-refractivity contribution is -0.383. The number of nitrogens with one attached hydrogen (secondary N) is 1. The summed E-state index contributed by atoms with van der Waals surface area (Å²) < 4.78 is 5.73. The van der Waals surface area contributed by atoms with Crippen LogP contribution in [0.3, 0.4) is 0 Å². The first kappa shape index (κ1) is 15.2. The highest BCUT2D eigenvalue weighted by Crippen LogP contribution is 2.31. The molecule has 0 amide bonds. The molecule has 6 heteroatoms. The van der Waals surface area contributed by atoms with Crippen LogP contribution in [0.1, 0.15) is 20.3 Å². The molecule has 6 nitrogen and oxygen atoms in total. The Morgan fingerprint density at radius 1 is 1.38 bits per heavy atom. The predicted molar refractivity (Wildman–Crippen MR) is 81.6 cm³/mol. The largest absolute Gasteiger partial charge is 0.493 e. The first-order valence-electron chi connectivity index (χ1n) is 6.98. The van der Waals surface area contributed by atoms with Crippen molar-refractivity contribution in [2.45, 2.75) is 26.3 Å². The molecule has 0 saturated heterocycles. The maximum Gasteiger partial charge on any atom is 0.295 e. The van der Waals surface area contributed by atoms with Crippen molar-refractivity contribution in [1.29, 1.82) is 0 Å². The molecule has 2 rings (SSSR count). The first-order chi connectivity index (χ1) is 10.1. The van der Waals surface area contributed by atoms with Gasteiger partial charge in [-0.15, -0.1) is 0 Å². The normalized spacial score (nSPS) is 11.0. The third kappa shape index (κ3) is 3.88. The van der Waals surface area contributed by atoms with Gasteiger partial charge in [0, 0.05) is 23.7 Å². The van der Waals surface area contributed by atoms with Crippen molar-refractivity contribution in [2.24, 2.45) is 0 Å². The molecular formula is C15H19N3O3. The SMILES string of the molecule is CC(C)NCCCOc1ccc([N+](=O)[O-])c2ncccc12. The summed E-state index contributed by atoms with van der Waals surface area (Å²) in [5.74, 6) is 0.633. The molecule has 0 unspecified atom stereocenters. The van der Waals surface area contributed by atoms with Gasteiger partial charge in [-0.05, 0) is 31.2 Å². The van der Waals surface area contributed by atoms with E-state index in [0.717, 1.165) is 13.0 Å². The maximum atomic E-state index is 11.0. The van der Waals surface area contributed by atoms with E-state index in [1.165, 1.54) is 6.07 Å². The third-order valence-corrected chi connectivity index (χ3v) is 3.04. The number of fused-ring (bicyclic) bond motifs is 1. The summed E-state index contributed by atoms with van der Waals surface area (Å²) in [7, 11) is 0. The van der Waals surface area contributed by atoms with Crippen LogP contribution in [0.15, 0.2) is 30.5 Å². The van der Waals surface area contributed by atoms with Gasteiger partial charge in [-0.2, -0.15) is 0 Å². The van der Waals surface area contributed by atoms with Crippen LogP contribution in [0.2, 0.25) is 0 Å². The molecule has 0 aliphatic carbocycles. The Morgan fingerprint density at radius 3 is 2.90 bits per heavy atom. The Kier molecular flexibility index (Phi) is 5.05. The molecule has 0 fully saturated rings. The molecule has 0 bridgehead atoms. The zero-order chi connectivity index (χ0) is 15.2. The summed E-state index contributed by atoms with van der Waals surface area (Å²) in [5, 5.41) is 15.0. The number of aromatic nitrogens is 1. The van der Waals surface area contributed by atoms with Crippen molar-refractivity contribution in [3.63, 3.8) is 0 Å². The quantitative estimate of drug-likeness (QED) is 0.482. The number of nitro groups is 1. The number of ether oxygens (including phenoxy) is 1. The number of hydrogen-bond donors (Lipinski definition) is 1. The molecule has 0 spiro atoms. The van der Waals surface area contributed by atoms with E-state index >= 15 is 0 Å². The van der Waals surface area contributed by atoms with Crippen LogP contribution in [-0.4, -0.2) is 29.1 Å². The van der Waals surface area contributed by atoms with Gasteiger partial charge in [0.05, 0.1) is 11.5 Å². The van der Waals surface area contributed by atoms with Gasteiger partial charge in [-0.3, -0.25) is 10.1 Å². The fraction of sp³-hybridized carbons (Fsp3) is 0.400. The second kappa shape index (κ2) is 6.99. The van der Waals surface area contributed by atoms with E-state index < -0.39 is 4.92 Å². The summed E-state index contributed by atoms with van der Waals surface area (Å²) in [6.45, 7) is 5.62. The minimum Gasteiger partial charge on any atom is -0.493 e. The van der Waals surface area contributed by atoms with Crippen LogP contribution in [0.25, 0.3) is 10.9 Å². The number of rotatable bonds is 7. The van der Waals surface area contributed by atoms with Gasteiger partial charge in [-0.1, -0.05) is 13.8 Å². The van der Waals surface area contributed by atoms with Crippen molar-refractivity contribution < 1.29 is 9.66 Å². The average molecular weight is 289 g/mol. The van der Waals surface area contributed by atoms with E-state index in [1.807, 2.05) is 0 Å². The van der Waals surface area contributed by atoms with E-state index in [4.69, 9.17) is 4.74 Å². The second-order valence-corrected chi connectivity index (χ2v) is 5.05. The van der Waals surface area contributed by atoms with E-state index in [2.05, 4.69) is 24.1 Å². The molecule has 0 radical (unpaired) electrons. The lowest BCUT2D eigenvalue weighted by Crippen LogP contribution is -2.24. The van der Waals surface area contributed by atoms with Crippen molar-refractivity contribution in [3.05, 3.63) is 40.6 Å². The minimum atomic E-state index is -0.425. The fourth-order valence-corrected chi connectivity index (χ4v) is 2.05. The van der Waals surface area contributed by atoms with Gasteiger partial charge in [0.15, 0.2) is 5.52 Å². The molecule has 1 aromatic carbocycles. The Labute approximate surface area is 123 Å². The lowest BCUT2D eigenvalue weighted by Gasteiger charge is -2.10. The van der Waals surface area contributed by atoms with Crippen molar-refractivity contribution in [3.8, 4) is 5.75 Å². The smallest absolute Gasteiger partial charge is 0.295 e. The molecule has 0 aliphatic heterocycles. The number of pyridine rings is 1. The first-order valence-corrected chi connectivity index (χ1v) is 6.98. The van der Waals surface area contributed by atoms with E-state index in [9.17, 15) is 10.1 Å². The molecule has 2 aromatic rings. The highest BCUT2D eigenvalue weighted by molar-refractivity contribution is 5.91. The average Bonchev–Trinajstić information content (AvgIpc) is 2.46. The third-order valence-electron chi connectivity index (χ3n) is 3.04. The molecule has 21 heavy (non-hydrogen) atoms. The lowest BCUT2D eigenvalue weighted by atomic mass is 10.1. The van der Waals surface area contributed by atoms with Crippen LogP contribution in [0.4, 0.5) is 5.69 Å². The highest BCUT2D eigenvalue weighted by atomic mass is 16.6. The Balaban J connectivity index is 2.11. The maximum absolute atomic E-state index is 11.0. The van der Waals surface area contributed by atoms with Crippen LogP contribution in [0.5, 0.6) is 5.75 Å². The zero-order valence-electron chi connectivity index (χ0n) is 12.2. The van der Waals surface area contributed by atoms with E-state index in [-0.39, 0.29) is 5.69 Å². The van der Waals surface area contributed by atoms with Gasteiger partial charge in [0.25, 0.3) is 5.69 Å². The van der Waals surface area contributed by atoms with Gasteiger partial charge in [-0.25, -0.2) is 4.98 Å². The zero-order valence-corrected chi connectivity index (χ0v) is 12.2. The Bertz CT molecular complexity index is 629. The number of nitrogens with zero attached hydrogens (tertiary/aromatic N) is 2. The summed E-state index contributed by atoms with van der Waals surface area (Å²) in [6, 6.07) is 7.07. The van der Waals surface area contributed by atoms with Gasteiger partial charge < -0.3 is 10.1 Å². The van der Waals surface area contributed by atoms with Gasteiger partial charge >= 0.3 is 0 Å². The molecule has 0 saturated carbocycles. The number of non-ortho nitro benzene ring substituents is 1. The molecule has 1 aromatic heterocycles. The van der Waals surface area contributed by atoms with Crippen LogP contribution in [-0.2, 0) is 0 Å². The monoisotopic (exact) mass is 289 g/mol. The van der Waals surface area contributed by atoms with Crippen molar-refractivity contribution in [1.82, 2.24) is 10.3 Å². The highest BCUT2D eigenvalue weighted by Gasteiger charge is 2.15. The second-order valence-electron chi connectivity index (χ2n) is 5.05. The minimum absolute atomic E-state index is 0.000533. The van der Waals surface area contributed by atoms with E-state index in [1.54, 1.807) is 24.4 Å². The van der Waals surface area contributed by atoms with Crippen LogP contribution in [0, 0.1) is 10.1 Å². The molecule has 1 N–H and O–H groups in total.